The van der Waals surface area contributed by atoms with Crippen LogP contribution in [0.15, 0.2) is 48.8 Å². The van der Waals surface area contributed by atoms with Gasteiger partial charge in [-0.05, 0) is 23.8 Å². The second-order valence-electron chi connectivity index (χ2n) is 4.08. The number of carbonyl (C=O) groups excluding carboxylic acids is 2. The smallest absolute Gasteiger partial charge is 0.319 e. The molecule has 1 aromatic carbocycles. The number of para-hydroxylation sites is 1. The van der Waals surface area contributed by atoms with E-state index in [-0.39, 0.29) is 5.56 Å². The second-order valence-corrected chi connectivity index (χ2v) is 4.08. The number of carbonyl (C=O) groups is 2. The molecule has 0 saturated heterocycles. The Morgan fingerprint density at radius 1 is 1.15 bits per heavy atom. The van der Waals surface area contributed by atoms with Gasteiger partial charge in [-0.1, -0.05) is 18.2 Å². The molecular formula is C14H14N4O2. The van der Waals surface area contributed by atoms with Gasteiger partial charge in [0.15, 0.2) is 0 Å². The molecule has 1 heterocycles. The Morgan fingerprint density at radius 3 is 2.65 bits per heavy atom. The first-order chi connectivity index (χ1) is 9.66. The lowest BCUT2D eigenvalue weighted by Crippen LogP contribution is -2.29. The zero-order valence-corrected chi connectivity index (χ0v) is 10.7. The van der Waals surface area contributed by atoms with Crippen molar-refractivity contribution >= 4 is 17.6 Å². The molecule has 0 radical (unpaired) electrons. The van der Waals surface area contributed by atoms with Gasteiger partial charge in [0.25, 0.3) is 5.91 Å². The van der Waals surface area contributed by atoms with Crippen molar-refractivity contribution < 1.29 is 9.59 Å². The van der Waals surface area contributed by atoms with Gasteiger partial charge in [0.05, 0.1) is 11.3 Å². The highest BCUT2D eigenvalue weighted by Crippen LogP contribution is 2.13. The first-order valence-electron chi connectivity index (χ1n) is 5.99. The van der Waals surface area contributed by atoms with E-state index in [1.54, 1.807) is 42.7 Å². The number of rotatable bonds is 4. The number of anilines is 1. The highest BCUT2D eigenvalue weighted by molar-refractivity contribution is 6.02. The molecule has 0 aliphatic heterocycles. The van der Waals surface area contributed by atoms with Gasteiger partial charge in [-0.2, -0.15) is 0 Å². The monoisotopic (exact) mass is 270 g/mol. The molecule has 0 aliphatic carbocycles. The maximum atomic E-state index is 11.8. The van der Waals surface area contributed by atoms with Gasteiger partial charge < -0.3 is 16.4 Å². The first kappa shape index (κ1) is 13.5. The quantitative estimate of drug-likeness (QED) is 0.785. The molecular weight excluding hydrogens is 256 g/mol. The van der Waals surface area contributed by atoms with E-state index in [1.165, 1.54) is 0 Å². The molecule has 1 aromatic heterocycles. The Balaban J connectivity index is 1.97. The number of nitrogens with zero attached hydrogens (tertiary/aromatic N) is 1. The number of urea groups is 1. The van der Waals surface area contributed by atoms with Gasteiger partial charge in [-0.25, -0.2) is 4.79 Å². The van der Waals surface area contributed by atoms with Crippen molar-refractivity contribution in [2.75, 3.05) is 5.32 Å². The standard InChI is InChI=1S/C14H14N4O2/c15-13(19)11-5-1-2-6-12(11)18-14(20)17-9-10-4-3-7-16-8-10/h1-8H,9H2,(H2,15,19)(H2,17,18,20). The van der Waals surface area contributed by atoms with Gasteiger partial charge in [0.2, 0.25) is 0 Å². The summed E-state index contributed by atoms with van der Waals surface area (Å²) in [5.41, 5.74) is 6.76. The number of primary amides is 1. The molecule has 0 spiro atoms. The number of nitrogens with one attached hydrogen (secondary N) is 2. The predicted octanol–water partition coefficient (Wildman–Crippen LogP) is 1.50. The van der Waals surface area contributed by atoms with Crippen LogP contribution in [0.25, 0.3) is 0 Å². The van der Waals surface area contributed by atoms with Crippen molar-refractivity contribution in [3.05, 3.63) is 59.9 Å². The van der Waals surface area contributed by atoms with Gasteiger partial charge in [0.1, 0.15) is 0 Å². The molecule has 102 valence electrons. The number of nitrogens with two attached hydrogens (primary N) is 1. The molecule has 2 rings (SSSR count). The van der Waals surface area contributed by atoms with Crippen LogP contribution in [0.3, 0.4) is 0 Å². The van der Waals surface area contributed by atoms with Crippen LogP contribution in [0.2, 0.25) is 0 Å². The molecule has 2 aromatic rings. The van der Waals surface area contributed by atoms with E-state index < -0.39 is 11.9 Å². The molecule has 6 nitrogen and oxygen atoms in total. The summed E-state index contributed by atoms with van der Waals surface area (Å²) in [6.45, 7) is 0.346. The Kier molecular flexibility index (Phi) is 4.28. The van der Waals surface area contributed by atoms with Crippen molar-refractivity contribution in [2.45, 2.75) is 6.54 Å². The van der Waals surface area contributed by atoms with Crippen LogP contribution in [0.4, 0.5) is 10.5 Å². The fraction of sp³-hybridized carbons (Fsp3) is 0.0714. The zero-order valence-electron chi connectivity index (χ0n) is 10.7. The topological polar surface area (TPSA) is 97.1 Å². The summed E-state index contributed by atoms with van der Waals surface area (Å²) in [5, 5.41) is 5.26. The van der Waals surface area contributed by atoms with Crippen LogP contribution >= 0.6 is 0 Å². The van der Waals surface area contributed by atoms with Crippen molar-refractivity contribution in [3.63, 3.8) is 0 Å². The Morgan fingerprint density at radius 2 is 1.95 bits per heavy atom. The Hall–Kier alpha value is -2.89. The van der Waals surface area contributed by atoms with Crippen molar-refractivity contribution in [1.29, 1.82) is 0 Å². The van der Waals surface area contributed by atoms with Gasteiger partial charge in [-0.15, -0.1) is 0 Å². The highest BCUT2D eigenvalue weighted by Gasteiger charge is 2.09. The number of hydrogen-bond donors (Lipinski definition) is 3. The third-order valence-electron chi connectivity index (χ3n) is 2.62. The van der Waals surface area contributed by atoms with Gasteiger partial charge in [-0.3, -0.25) is 9.78 Å². The summed E-state index contributed by atoms with van der Waals surface area (Å²) in [7, 11) is 0. The van der Waals surface area contributed by atoms with Crippen molar-refractivity contribution in [1.82, 2.24) is 10.3 Å². The first-order valence-corrected chi connectivity index (χ1v) is 5.99. The normalized spacial score (nSPS) is 9.80. The fourth-order valence-corrected chi connectivity index (χ4v) is 1.66. The lowest BCUT2D eigenvalue weighted by molar-refractivity contribution is 0.100. The third kappa shape index (κ3) is 3.55. The highest BCUT2D eigenvalue weighted by atomic mass is 16.2. The van der Waals surface area contributed by atoms with E-state index in [4.69, 9.17) is 5.73 Å². The van der Waals surface area contributed by atoms with E-state index in [0.29, 0.717) is 12.2 Å². The summed E-state index contributed by atoms with van der Waals surface area (Å²) in [6.07, 6.45) is 3.32. The van der Waals surface area contributed by atoms with Crippen LogP contribution in [-0.2, 0) is 6.54 Å². The lowest BCUT2D eigenvalue weighted by atomic mass is 10.1. The molecule has 0 fully saturated rings. The molecule has 20 heavy (non-hydrogen) atoms. The lowest BCUT2D eigenvalue weighted by Gasteiger charge is -2.10. The van der Waals surface area contributed by atoms with Crippen LogP contribution in [0.1, 0.15) is 15.9 Å². The van der Waals surface area contributed by atoms with Crippen molar-refractivity contribution in [3.8, 4) is 0 Å². The molecule has 0 bridgehead atoms. The van der Waals surface area contributed by atoms with E-state index in [1.807, 2.05) is 6.07 Å². The summed E-state index contributed by atoms with van der Waals surface area (Å²) in [5.74, 6) is -0.590. The SMILES string of the molecule is NC(=O)c1ccccc1NC(=O)NCc1cccnc1. The van der Waals surface area contributed by atoms with E-state index in [2.05, 4.69) is 15.6 Å². The summed E-state index contributed by atoms with van der Waals surface area (Å²) in [4.78, 5) is 26.9. The minimum atomic E-state index is -0.590. The largest absolute Gasteiger partial charge is 0.366 e. The molecule has 0 saturated carbocycles. The van der Waals surface area contributed by atoms with Gasteiger partial charge >= 0.3 is 6.03 Å². The van der Waals surface area contributed by atoms with E-state index in [0.717, 1.165) is 5.56 Å². The molecule has 0 aliphatic rings. The van der Waals surface area contributed by atoms with E-state index in [9.17, 15) is 9.59 Å². The fourth-order valence-electron chi connectivity index (χ4n) is 1.66. The molecule has 4 N–H and O–H groups in total. The number of benzene rings is 1. The molecule has 0 unspecified atom stereocenters. The van der Waals surface area contributed by atoms with Crippen molar-refractivity contribution in [2.24, 2.45) is 5.73 Å². The minimum Gasteiger partial charge on any atom is -0.366 e. The molecule has 0 atom stereocenters. The number of amides is 3. The third-order valence-corrected chi connectivity index (χ3v) is 2.62. The Labute approximate surface area is 116 Å². The summed E-state index contributed by atoms with van der Waals surface area (Å²) < 4.78 is 0. The van der Waals surface area contributed by atoms with Crippen LogP contribution in [-0.4, -0.2) is 16.9 Å². The average molecular weight is 270 g/mol. The summed E-state index contributed by atoms with van der Waals surface area (Å²) >= 11 is 0. The number of aromatic nitrogens is 1. The predicted molar refractivity (Wildman–Crippen MR) is 75.1 cm³/mol. The van der Waals surface area contributed by atoms with Gasteiger partial charge in [0, 0.05) is 18.9 Å². The number of pyridine rings is 1. The van der Waals surface area contributed by atoms with Crippen LogP contribution in [0, 0.1) is 0 Å². The maximum absolute atomic E-state index is 11.8. The Bertz CT molecular complexity index is 614. The maximum Gasteiger partial charge on any atom is 0.319 e. The zero-order chi connectivity index (χ0) is 14.4. The minimum absolute atomic E-state index is 0.268. The van der Waals surface area contributed by atoms with Crippen LogP contribution < -0.4 is 16.4 Å². The van der Waals surface area contributed by atoms with Crippen LogP contribution in [0.5, 0.6) is 0 Å². The average Bonchev–Trinajstić information content (AvgIpc) is 2.46. The number of hydrogen-bond acceptors (Lipinski definition) is 3. The molecule has 3 amide bonds. The summed E-state index contributed by atoms with van der Waals surface area (Å²) in [6, 6.07) is 9.79. The second kappa shape index (κ2) is 6.33. The molecule has 6 heteroatoms. The van der Waals surface area contributed by atoms with E-state index >= 15 is 0 Å².